The van der Waals surface area contributed by atoms with Gasteiger partial charge in [-0.1, -0.05) is 0 Å². The molecule has 0 aromatic rings. The summed E-state index contributed by atoms with van der Waals surface area (Å²) >= 11 is 0. The third-order valence-corrected chi connectivity index (χ3v) is 1.42. The van der Waals surface area contributed by atoms with Gasteiger partial charge in [0.15, 0.2) is 5.79 Å². The summed E-state index contributed by atoms with van der Waals surface area (Å²) in [5, 5.41) is 0. The van der Waals surface area contributed by atoms with Gasteiger partial charge in [0.1, 0.15) is 6.10 Å². The number of hydrogen-bond donors (Lipinski definition) is 0. The van der Waals surface area contributed by atoms with Gasteiger partial charge in [0.25, 0.3) is 0 Å². The Labute approximate surface area is 61.3 Å². The van der Waals surface area contributed by atoms with Crippen molar-refractivity contribution in [3.8, 4) is 0 Å². The number of methoxy groups -OCH3 is 1. The first-order valence-corrected chi connectivity index (χ1v) is 3.45. The lowest BCUT2D eigenvalue weighted by atomic mass is 10.4. The average molecular weight is 146 g/mol. The van der Waals surface area contributed by atoms with E-state index in [1.807, 2.05) is 13.8 Å². The lowest BCUT2D eigenvalue weighted by Gasteiger charge is -2.16. The van der Waals surface area contributed by atoms with Crippen LogP contribution in [0.5, 0.6) is 0 Å². The molecule has 1 aliphatic rings. The maximum absolute atomic E-state index is 5.44. The second-order valence-electron chi connectivity index (χ2n) is 2.91. The molecule has 60 valence electrons. The van der Waals surface area contributed by atoms with Crippen molar-refractivity contribution >= 4 is 0 Å². The zero-order valence-electron chi connectivity index (χ0n) is 6.72. The monoisotopic (exact) mass is 146 g/mol. The SMILES string of the molecule is COC[C@@H]1COC(C)(C)O1. The first-order valence-electron chi connectivity index (χ1n) is 3.45. The van der Waals surface area contributed by atoms with Gasteiger partial charge in [0.2, 0.25) is 0 Å². The molecule has 1 aliphatic heterocycles. The van der Waals surface area contributed by atoms with E-state index in [1.54, 1.807) is 7.11 Å². The van der Waals surface area contributed by atoms with E-state index >= 15 is 0 Å². The van der Waals surface area contributed by atoms with Gasteiger partial charge in [-0.25, -0.2) is 0 Å². The number of ether oxygens (including phenoxy) is 3. The van der Waals surface area contributed by atoms with Crippen LogP contribution in [0.15, 0.2) is 0 Å². The van der Waals surface area contributed by atoms with E-state index in [9.17, 15) is 0 Å². The van der Waals surface area contributed by atoms with Crippen LogP contribution in [-0.2, 0) is 14.2 Å². The third kappa shape index (κ3) is 1.94. The predicted molar refractivity (Wildman–Crippen MR) is 36.8 cm³/mol. The molecule has 0 spiro atoms. The standard InChI is InChI=1S/C7H14O3/c1-7(2)9-5-6(10-7)4-8-3/h6H,4-5H2,1-3H3/t6-/m1/s1. The first kappa shape index (κ1) is 7.98. The highest BCUT2D eigenvalue weighted by atomic mass is 16.7. The Morgan fingerprint density at radius 1 is 1.60 bits per heavy atom. The van der Waals surface area contributed by atoms with Gasteiger partial charge in [0, 0.05) is 7.11 Å². The molecule has 0 amide bonds. The summed E-state index contributed by atoms with van der Waals surface area (Å²) in [4.78, 5) is 0. The van der Waals surface area contributed by atoms with Crippen molar-refractivity contribution in [3.05, 3.63) is 0 Å². The molecule has 0 aromatic carbocycles. The summed E-state index contributed by atoms with van der Waals surface area (Å²) in [6.07, 6.45) is 0.111. The Hall–Kier alpha value is -0.120. The van der Waals surface area contributed by atoms with Crippen LogP contribution in [0.4, 0.5) is 0 Å². The zero-order valence-corrected chi connectivity index (χ0v) is 6.72. The fraction of sp³-hybridized carbons (Fsp3) is 1.00. The van der Waals surface area contributed by atoms with Crippen LogP contribution >= 0.6 is 0 Å². The van der Waals surface area contributed by atoms with E-state index in [0.29, 0.717) is 13.2 Å². The molecule has 0 radical (unpaired) electrons. The molecule has 1 rings (SSSR count). The van der Waals surface area contributed by atoms with Crippen LogP contribution in [0.1, 0.15) is 13.8 Å². The first-order chi connectivity index (χ1) is 4.64. The summed E-state index contributed by atoms with van der Waals surface area (Å²) in [6.45, 7) is 5.07. The third-order valence-electron chi connectivity index (χ3n) is 1.42. The molecule has 0 N–H and O–H groups in total. The second kappa shape index (κ2) is 2.86. The minimum absolute atomic E-state index is 0.111. The molecule has 1 saturated heterocycles. The van der Waals surface area contributed by atoms with Crippen LogP contribution in [0.3, 0.4) is 0 Å². The fourth-order valence-electron chi connectivity index (χ4n) is 1.03. The maximum Gasteiger partial charge on any atom is 0.163 e. The Morgan fingerprint density at radius 2 is 2.30 bits per heavy atom. The largest absolute Gasteiger partial charge is 0.382 e. The van der Waals surface area contributed by atoms with E-state index < -0.39 is 5.79 Å². The molecule has 3 heteroatoms. The summed E-state index contributed by atoms with van der Waals surface area (Å²) in [7, 11) is 1.66. The van der Waals surface area contributed by atoms with Crippen molar-refractivity contribution in [1.29, 1.82) is 0 Å². The Bertz CT molecular complexity index is 111. The molecule has 0 aromatic heterocycles. The second-order valence-corrected chi connectivity index (χ2v) is 2.91. The lowest BCUT2D eigenvalue weighted by Crippen LogP contribution is -2.23. The molecule has 0 bridgehead atoms. The van der Waals surface area contributed by atoms with Crippen molar-refractivity contribution in [3.63, 3.8) is 0 Å². The van der Waals surface area contributed by atoms with Crippen molar-refractivity contribution in [2.45, 2.75) is 25.7 Å². The smallest absolute Gasteiger partial charge is 0.163 e. The molecule has 0 unspecified atom stereocenters. The summed E-state index contributed by atoms with van der Waals surface area (Å²) in [6, 6.07) is 0. The Balaban J connectivity index is 2.29. The highest BCUT2D eigenvalue weighted by molar-refractivity contribution is 4.69. The predicted octanol–water partition coefficient (Wildman–Crippen LogP) is 0.784. The van der Waals surface area contributed by atoms with Crippen molar-refractivity contribution in [2.75, 3.05) is 20.3 Å². The van der Waals surface area contributed by atoms with Gasteiger partial charge in [-0.2, -0.15) is 0 Å². The van der Waals surface area contributed by atoms with Gasteiger partial charge in [-0.15, -0.1) is 0 Å². The fourth-order valence-corrected chi connectivity index (χ4v) is 1.03. The topological polar surface area (TPSA) is 27.7 Å². The van der Waals surface area contributed by atoms with Crippen LogP contribution in [0.25, 0.3) is 0 Å². The number of rotatable bonds is 2. The van der Waals surface area contributed by atoms with Crippen molar-refractivity contribution < 1.29 is 14.2 Å². The highest BCUT2D eigenvalue weighted by Crippen LogP contribution is 2.21. The molecular formula is C7H14O3. The van der Waals surface area contributed by atoms with Crippen molar-refractivity contribution in [2.24, 2.45) is 0 Å². The molecular weight excluding hydrogens is 132 g/mol. The van der Waals surface area contributed by atoms with E-state index in [-0.39, 0.29) is 6.10 Å². The summed E-state index contributed by atoms with van der Waals surface area (Å²) in [5.41, 5.74) is 0. The maximum atomic E-state index is 5.44. The van der Waals surface area contributed by atoms with E-state index in [4.69, 9.17) is 14.2 Å². The van der Waals surface area contributed by atoms with Gasteiger partial charge in [0.05, 0.1) is 13.2 Å². The molecule has 10 heavy (non-hydrogen) atoms. The van der Waals surface area contributed by atoms with Gasteiger partial charge in [-0.05, 0) is 13.8 Å². The van der Waals surface area contributed by atoms with Crippen molar-refractivity contribution in [1.82, 2.24) is 0 Å². The van der Waals surface area contributed by atoms with E-state index in [1.165, 1.54) is 0 Å². The number of hydrogen-bond acceptors (Lipinski definition) is 3. The van der Waals surface area contributed by atoms with E-state index in [2.05, 4.69) is 0 Å². The van der Waals surface area contributed by atoms with Crippen LogP contribution < -0.4 is 0 Å². The normalized spacial score (nSPS) is 30.9. The van der Waals surface area contributed by atoms with E-state index in [0.717, 1.165) is 0 Å². The molecule has 1 heterocycles. The Morgan fingerprint density at radius 3 is 2.70 bits per heavy atom. The van der Waals surface area contributed by atoms with Crippen LogP contribution in [0.2, 0.25) is 0 Å². The van der Waals surface area contributed by atoms with Crippen LogP contribution in [0, 0.1) is 0 Å². The highest BCUT2D eigenvalue weighted by Gasteiger charge is 2.32. The summed E-state index contributed by atoms with van der Waals surface area (Å²) in [5.74, 6) is -0.413. The minimum atomic E-state index is -0.413. The molecule has 3 nitrogen and oxygen atoms in total. The molecule has 1 atom stereocenters. The van der Waals surface area contributed by atoms with Crippen LogP contribution in [-0.4, -0.2) is 32.2 Å². The van der Waals surface area contributed by atoms with Gasteiger partial charge in [-0.3, -0.25) is 0 Å². The molecule has 1 fully saturated rings. The summed E-state index contributed by atoms with van der Waals surface area (Å²) < 4.78 is 15.7. The molecule has 0 saturated carbocycles. The Kier molecular flexibility index (Phi) is 2.28. The lowest BCUT2D eigenvalue weighted by molar-refractivity contribution is -0.143. The average Bonchev–Trinajstić information content (AvgIpc) is 2.12. The zero-order chi connectivity index (χ0) is 7.61. The molecule has 0 aliphatic carbocycles. The minimum Gasteiger partial charge on any atom is -0.382 e. The van der Waals surface area contributed by atoms with Gasteiger partial charge < -0.3 is 14.2 Å². The quantitative estimate of drug-likeness (QED) is 0.576. The van der Waals surface area contributed by atoms with Gasteiger partial charge >= 0.3 is 0 Å².